The summed E-state index contributed by atoms with van der Waals surface area (Å²) in [6.07, 6.45) is -2.97. The van der Waals surface area contributed by atoms with E-state index in [0.717, 1.165) is 61.5 Å². The van der Waals surface area contributed by atoms with Crippen LogP contribution in [-0.2, 0) is 19.1 Å². The topological polar surface area (TPSA) is 43.2 Å². The molecular formula is C23H23F3N4S. The number of halogens is 3. The van der Waals surface area contributed by atoms with Gasteiger partial charge in [-0.3, -0.25) is 4.90 Å². The molecule has 2 aromatic carbocycles. The monoisotopic (exact) mass is 444 g/mol. The summed E-state index contributed by atoms with van der Waals surface area (Å²) < 4.78 is 39.6. The number of benzene rings is 2. The fraction of sp³-hybridized carbons (Fsp3) is 0.391. The molecule has 0 amide bonds. The average molecular weight is 445 g/mol. The van der Waals surface area contributed by atoms with Crippen LogP contribution in [0.1, 0.15) is 28.7 Å². The maximum absolute atomic E-state index is 13.0. The van der Waals surface area contributed by atoms with Gasteiger partial charge in [-0.05, 0) is 42.7 Å². The number of hydrogen-bond donors (Lipinski definition) is 0. The second-order valence-corrected chi connectivity index (χ2v) is 8.96. The molecule has 4 rings (SSSR count). The molecule has 0 spiro atoms. The first-order valence-corrected chi connectivity index (χ1v) is 11.0. The lowest BCUT2D eigenvalue weighted by Crippen LogP contribution is -2.30. The zero-order chi connectivity index (χ0) is 22.0. The van der Waals surface area contributed by atoms with Gasteiger partial charge in [0.05, 0.1) is 28.3 Å². The molecule has 162 valence electrons. The molecule has 1 aliphatic heterocycles. The third-order valence-electron chi connectivity index (χ3n) is 5.45. The highest BCUT2D eigenvalue weighted by Crippen LogP contribution is 2.35. The van der Waals surface area contributed by atoms with Crippen LogP contribution >= 0.6 is 11.3 Å². The molecule has 1 aromatic heterocycles. The van der Waals surface area contributed by atoms with E-state index in [4.69, 9.17) is 5.26 Å². The standard InChI is InChI=1S/C23H23F3N4S/c1-16-11-17(5-6-27)13-18(12-16)15-29-7-2-8-30(10-9-29)22-28-20-4-3-19(23(24,25)26)14-21(20)31-22/h3-4,11-14H,2,5,7-10,15H2,1H3. The molecule has 8 heteroatoms. The van der Waals surface area contributed by atoms with E-state index in [0.29, 0.717) is 16.6 Å². The fourth-order valence-electron chi connectivity index (χ4n) is 4.04. The first-order chi connectivity index (χ1) is 14.8. The quantitative estimate of drug-likeness (QED) is 0.540. The number of anilines is 1. The maximum Gasteiger partial charge on any atom is 0.416 e. The van der Waals surface area contributed by atoms with Gasteiger partial charge in [-0.1, -0.05) is 35.1 Å². The molecule has 4 nitrogen and oxygen atoms in total. The second-order valence-electron chi connectivity index (χ2n) is 7.96. The van der Waals surface area contributed by atoms with Gasteiger partial charge in [0.25, 0.3) is 0 Å². The van der Waals surface area contributed by atoms with E-state index in [1.54, 1.807) is 0 Å². The smallest absolute Gasteiger partial charge is 0.347 e. The Hall–Kier alpha value is -2.63. The highest BCUT2D eigenvalue weighted by molar-refractivity contribution is 7.22. The number of aromatic nitrogens is 1. The van der Waals surface area contributed by atoms with Gasteiger partial charge in [-0.2, -0.15) is 18.4 Å². The number of hydrogen-bond acceptors (Lipinski definition) is 5. The van der Waals surface area contributed by atoms with E-state index in [9.17, 15) is 13.2 Å². The summed E-state index contributed by atoms with van der Waals surface area (Å²) in [5.41, 5.74) is 3.39. The normalized spacial score (nSPS) is 15.8. The van der Waals surface area contributed by atoms with Gasteiger partial charge in [0.2, 0.25) is 0 Å². The molecule has 0 bridgehead atoms. The van der Waals surface area contributed by atoms with Gasteiger partial charge < -0.3 is 4.90 Å². The zero-order valence-corrected chi connectivity index (χ0v) is 18.1. The molecular weight excluding hydrogens is 421 g/mol. The molecule has 31 heavy (non-hydrogen) atoms. The summed E-state index contributed by atoms with van der Waals surface area (Å²) in [7, 11) is 0. The van der Waals surface area contributed by atoms with E-state index in [1.807, 2.05) is 13.0 Å². The lowest BCUT2D eigenvalue weighted by molar-refractivity contribution is -0.137. The van der Waals surface area contributed by atoms with Crippen molar-refractivity contribution in [2.24, 2.45) is 0 Å². The van der Waals surface area contributed by atoms with Crippen LogP contribution in [0, 0.1) is 18.3 Å². The summed E-state index contributed by atoms with van der Waals surface area (Å²) >= 11 is 1.32. The molecule has 1 fully saturated rings. The van der Waals surface area contributed by atoms with Gasteiger partial charge in [0.15, 0.2) is 5.13 Å². The Morgan fingerprint density at radius 2 is 1.87 bits per heavy atom. The summed E-state index contributed by atoms with van der Waals surface area (Å²) in [6, 6.07) is 12.3. The highest BCUT2D eigenvalue weighted by Gasteiger charge is 2.31. The summed E-state index contributed by atoms with van der Waals surface area (Å²) in [4.78, 5) is 9.15. The SMILES string of the molecule is Cc1cc(CC#N)cc(CN2CCCN(c3nc4ccc(C(F)(F)F)cc4s3)CC2)c1. The van der Waals surface area contributed by atoms with Crippen molar-refractivity contribution in [3.05, 3.63) is 58.7 Å². The molecule has 0 aliphatic carbocycles. The molecule has 1 saturated heterocycles. The minimum Gasteiger partial charge on any atom is -0.347 e. The van der Waals surface area contributed by atoms with Crippen LogP contribution in [0.25, 0.3) is 10.2 Å². The van der Waals surface area contributed by atoms with Gasteiger partial charge in [0, 0.05) is 32.7 Å². The van der Waals surface area contributed by atoms with Crippen LogP contribution in [0.4, 0.5) is 18.3 Å². The number of thiazole rings is 1. The van der Waals surface area contributed by atoms with Crippen LogP contribution in [0.2, 0.25) is 0 Å². The third-order valence-corrected chi connectivity index (χ3v) is 6.53. The summed E-state index contributed by atoms with van der Waals surface area (Å²) in [5.74, 6) is 0. The van der Waals surface area contributed by atoms with Crippen LogP contribution in [0.15, 0.2) is 36.4 Å². The van der Waals surface area contributed by atoms with Crippen molar-refractivity contribution in [2.45, 2.75) is 32.5 Å². The lowest BCUT2D eigenvalue weighted by atomic mass is 10.0. The Morgan fingerprint density at radius 3 is 2.65 bits per heavy atom. The van der Waals surface area contributed by atoms with E-state index < -0.39 is 11.7 Å². The molecule has 0 N–H and O–H groups in total. The predicted molar refractivity (Wildman–Crippen MR) is 117 cm³/mol. The van der Waals surface area contributed by atoms with Crippen LogP contribution in [-0.4, -0.2) is 36.1 Å². The number of nitriles is 1. The predicted octanol–water partition coefficient (Wildman–Crippen LogP) is 5.40. The van der Waals surface area contributed by atoms with Crippen molar-refractivity contribution < 1.29 is 13.2 Å². The Bertz CT molecular complexity index is 1120. The van der Waals surface area contributed by atoms with Crippen LogP contribution in [0.3, 0.4) is 0 Å². The highest BCUT2D eigenvalue weighted by atomic mass is 32.1. The van der Waals surface area contributed by atoms with Gasteiger partial charge in [0.1, 0.15) is 0 Å². The van der Waals surface area contributed by atoms with E-state index in [1.165, 1.54) is 29.0 Å². The lowest BCUT2D eigenvalue weighted by Gasteiger charge is -2.22. The Labute approximate surface area is 183 Å². The molecule has 3 aromatic rings. The zero-order valence-electron chi connectivity index (χ0n) is 17.2. The van der Waals surface area contributed by atoms with Gasteiger partial charge >= 0.3 is 6.18 Å². The number of fused-ring (bicyclic) bond motifs is 1. The largest absolute Gasteiger partial charge is 0.416 e. The van der Waals surface area contributed by atoms with Crippen molar-refractivity contribution in [1.82, 2.24) is 9.88 Å². The first-order valence-electron chi connectivity index (χ1n) is 10.2. The number of nitrogens with zero attached hydrogens (tertiary/aromatic N) is 4. The van der Waals surface area contributed by atoms with Gasteiger partial charge in [-0.25, -0.2) is 4.98 Å². The molecule has 1 aliphatic rings. The molecule has 0 radical (unpaired) electrons. The van der Waals surface area contributed by atoms with Crippen LogP contribution in [0.5, 0.6) is 0 Å². The van der Waals surface area contributed by atoms with E-state index >= 15 is 0 Å². The molecule has 0 atom stereocenters. The van der Waals surface area contributed by atoms with Gasteiger partial charge in [-0.15, -0.1) is 0 Å². The van der Waals surface area contributed by atoms with Crippen molar-refractivity contribution in [2.75, 3.05) is 31.1 Å². The second kappa shape index (κ2) is 8.85. The number of rotatable bonds is 4. The van der Waals surface area contributed by atoms with Crippen molar-refractivity contribution in [3.8, 4) is 6.07 Å². The summed E-state index contributed by atoms with van der Waals surface area (Å²) in [5, 5.41) is 9.76. The Kier molecular flexibility index (Phi) is 6.17. The maximum atomic E-state index is 13.0. The number of alkyl halides is 3. The average Bonchev–Trinajstić information content (AvgIpc) is 2.99. The summed E-state index contributed by atoms with van der Waals surface area (Å²) in [6.45, 7) is 6.28. The minimum atomic E-state index is -4.34. The molecule has 2 heterocycles. The molecule has 0 saturated carbocycles. The van der Waals surface area contributed by atoms with E-state index in [-0.39, 0.29) is 0 Å². The Morgan fingerprint density at radius 1 is 1.06 bits per heavy atom. The van der Waals surface area contributed by atoms with Crippen molar-refractivity contribution in [1.29, 1.82) is 5.26 Å². The van der Waals surface area contributed by atoms with Crippen molar-refractivity contribution in [3.63, 3.8) is 0 Å². The number of aryl methyl sites for hydroxylation is 1. The minimum absolute atomic E-state index is 0.413. The first kappa shape index (κ1) is 21.6. The Balaban J connectivity index is 1.45. The third kappa shape index (κ3) is 5.17. The van der Waals surface area contributed by atoms with Crippen LogP contribution < -0.4 is 4.90 Å². The molecule has 0 unspecified atom stereocenters. The van der Waals surface area contributed by atoms with E-state index in [2.05, 4.69) is 33.0 Å². The van der Waals surface area contributed by atoms with Crippen molar-refractivity contribution >= 4 is 26.7 Å². The fourth-order valence-corrected chi connectivity index (χ4v) is 5.09.